The van der Waals surface area contributed by atoms with Crippen LogP contribution in [-0.4, -0.2) is 38.5 Å². The third-order valence-electron chi connectivity index (χ3n) is 4.59. The number of benzene rings is 2. The van der Waals surface area contributed by atoms with Crippen LogP contribution >= 0.6 is 0 Å². The summed E-state index contributed by atoms with van der Waals surface area (Å²) in [6.45, 7) is -0.0725. The SMILES string of the molecule is COC(=O)c1cc(OC)ccc1NC(=O)C1CC(=O)N(c2ccc(F)cc2F)C1. The number of amides is 2. The molecule has 1 heterocycles. The summed E-state index contributed by atoms with van der Waals surface area (Å²) < 4.78 is 36.9. The minimum absolute atomic E-state index is 0.0725. The van der Waals surface area contributed by atoms with Crippen molar-refractivity contribution in [2.45, 2.75) is 6.42 Å². The van der Waals surface area contributed by atoms with Gasteiger partial charge in [-0.25, -0.2) is 13.6 Å². The Morgan fingerprint density at radius 3 is 2.55 bits per heavy atom. The zero-order valence-corrected chi connectivity index (χ0v) is 15.7. The smallest absolute Gasteiger partial charge is 0.340 e. The van der Waals surface area contributed by atoms with E-state index in [4.69, 9.17) is 9.47 Å². The highest BCUT2D eigenvalue weighted by atomic mass is 19.1. The molecule has 1 aliphatic heterocycles. The van der Waals surface area contributed by atoms with Crippen molar-refractivity contribution in [3.63, 3.8) is 0 Å². The zero-order valence-electron chi connectivity index (χ0n) is 15.7. The molecule has 7 nitrogen and oxygen atoms in total. The second-order valence-electron chi connectivity index (χ2n) is 6.39. The van der Waals surface area contributed by atoms with Crippen LogP contribution in [0.1, 0.15) is 16.8 Å². The molecule has 9 heteroatoms. The number of anilines is 2. The summed E-state index contributed by atoms with van der Waals surface area (Å²) in [5.74, 6) is -3.67. The van der Waals surface area contributed by atoms with Gasteiger partial charge in [0.15, 0.2) is 0 Å². The van der Waals surface area contributed by atoms with Gasteiger partial charge in [0.1, 0.15) is 17.4 Å². The standard InChI is InChI=1S/C20H18F2N2O5/c1-28-13-4-5-16(14(9-13)20(27)29-2)23-19(26)11-7-18(25)24(10-11)17-6-3-12(21)8-15(17)22/h3-6,8-9,11H,7,10H2,1-2H3,(H,23,26). The molecule has 1 saturated heterocycles. The van der Waals surface area contributed by atoms with Crippen LogP contribution in [0.15, 0.2) is 36.4 Å². The Kier molecular flexibility index (Phi) is 5.76. The van der Waals surface area contributed by atoms with Crippen LogP contribution in [0, 0.1) is 17.6 Å². The summed E-state index contributed by atoms with van der Waals surface area (Å²) in [6.07, 6.45) is -0.146. The largest absolute Gasteiger partial charge is 0.497 e. The van der Waals surface area contributed by atoms with Gasteiger partial charge in [0.2, 0.25) is 11.8 Å². The van der Waals surface area contributed by atoms with E-state index in [0.717, 1.165) is 17.0 Å². The van der Waals surface area contributed by atoms with Gasteiger partial charge in [0.25, 0.3) is 0 Å². The van der Waals surface area contributed by atoms with Gasteiger partial charge < -0.3 is 19.7 Å². The van der Waals surface area contributed by atoms with Crippen molar-refractivity contribution in [1.82, 2.24) is 0 Å². The van der Waals surface area contributed by atoms with Gasteiger partial charge in [0.05, 0.1) is 37.1 Å². The van der Waals surface area contributed by atoms with E-state index in [-0.39, 0.29) is 29.9 Å². The predicted octanol–water partition coefficient (Wildman–Crippen LogP) is 2.75. The topological polar surface area (TPSA) is 84.9 Å². The monoisotopic (exact) mass is 404 g/mol. The first-order valence-corrected chi connectivity index (χ1v) is 8.66. The first-order valence-electron chi connectivity index (χ1n) is 8.66. The number of nitrogens with zero attached hydrogens (tertiary/aromatic N) is 1. The fourth-order valence-electron chi connectivity index (χ4n) is 3.09. The maximum absolute atomic E-state index is 14.0. The lowest BCUT2D eigenvalue weighted by Gasteiger charge is -2.18. The number of carbonyl (C=O) groups is 3. The summed E-state index contributed by atoms with van der Waals surface area (Å²) in [6, 6.07) is 7.33. The first kappa shape index (κ1) is 20.2. The molecule has 0 radical (unpaired) electrons. The number of hydrogen-bond acceptors (Lipinski definition) is 5. The number of hydrogen-bond donors (Lipinski definition) is 1. The average molecular weight is 404 g/mol. The van der Waals surface area contributed by atoms with Crippen molar-refractivity contribution in [3.8, 4) is 5.75 Å². The van der Waals surface area contributed by atoms with E-state index < -0.39 is 35.3 Å². The van der Waals surface area contributed by atoms with E-state index in [0.29, 0.717) is 11.8 Å². The number of esters is 1. The molecular weight excluding hydrogens is 386 g/mol. The summed E-state index contributed by atoms with van der Waals surface area (Å²) >= 11 is 0. The van der Waals surface area contributed by atoms with Crippen LogP contribution in [0.3, 0.4) is 0 Å². The number of halogens is 2. The maximum Gasteiger partial charge on any atom is 0.340 e. The van der Waals surface area contributed by atoms with Crippen LogP contribution in [0.25, 0.3) is 0 Å². The van der Waals surface area contributed by atoms with E-state index in [1.54, 1.807) is 6.07 Å². The Morgan fingerprint density at radius 2 is 1.90 bits per heavy atom. The molecule has 1 aliphatic rings. The molecular formula is C20H18F2N2O5. The zero-order chi connectivity index (χ0) is 21.1. The third kappa shape index (κ3) is 4.18. The summed E-state index contributed by atoms with van der Waals surface area (Å²) in [4.78, 5) is 38.0. The molecule has 2 amide bonds. The Hall–Kier alpha value is -3.49. The number of ether oxygens (including phenoxy) is 2. The molecule has 0 spiro atoms. The van der Waals surface area contributed by atoms with Crippen molar-refractivity contribution in [1.29, 1.82) is 0 Å². The lowest BCUT2D eigenvalue weighted by Crippen LogP contribution is -2.29. The fraction of sp³-hybridized carbons (Fsp3) is 0.250. The second kappa shape index (κ2) is 8.26. The van der Waals surface area contributed by atoms with Crippen LogP contribution in [0.5, 0.6) is 5.75 Å². The molecule has 0 saturated carbocycles. The molecule has 0 aliphatic carbocycles. The molecule has 0 aromatic heterocycles. The first-order chi connectivity index (χ1) is 13.8. The summed E-state index contributed by atoms with van der Waals surface area (Å²) in [5, 5.41) is 2.61. The fourth-order valence-corrected chi connectivity index (χ4v) is 3.09. The van der Waals surface area contributed by atoms with Crippen molar-refractivity contribution in [3.05, 3.63) is 53.6 Å². The molecule has 1 atom stereocenters. The van der Waals surface area contributed by atoms with Gasteiger partial charge in [-0.3, -0.25) is 9.59 Å². The van der Waals surface area contributed by atoms with E-state index in [1.165, 1.54) is 26.4 Å². The summed E-state index contributed by atoms with van der Waals surface area (Å²) in [7, 11) is 2.64. The Labute approximate surface area is 165 Å². The number of methoxy groups -OCH3 is 2. The van der Waals surface area contributed by atoms with Gasteiger partial charge in [0, 0.05) is 19.0 Å². The Balaban J connectivity index is 1.78. The van der Waals surface area contributed by atoms with E-state index in [9.17, 15) is 23.2 Å². The quantitative estimate of drug-likeness (QED) is 0.775. The normalized spacial score (nSPS) is 15.9. The second-order valence-corrected chi connectivity index (χ2v) is 6.39. The van der Waals surface area contributed by atoms with Gasteiger partial charge in [-0.1, -0.05) is 0 Å². The Bertz CT molecular complexity index is 979. The third-order valence-corrected chi connectivity index (χ3v) is 4.59. The van der Waals surface area contributed by atoms with Crippen LogP contribution in [0.2, 0.25) is 0 Å². The summed E-state index contributed by atoms with van der Waals surface area (Å²) in [5.41, 5.74) is 0.193. The van der Waals surface area contributed by atoms with E-state index in [1.807, 2.05) is 0 Å². The lowest BCUT2D eigenvalue weighted by molar-refractivity contribution is -0.122. The predicted molar refractivity (Wildman–Crippen MR) is 99.8 cm³/mol. The van der Waals surface area contributed by atoms with Crippen LogP contribution < -0.4 is 15.0 Å². The highest BCUT2D eigenvalue weighted by molar-refractivity contribution is 6.06. The van der Waals surface area contributed by atoms with Gasteiger partial charge in [-0.05, 0) is 30.3 Å². The molecule has 1 N–H and O–H groups in total. The molecule has 1 unspecified atom stereocenters. The highest BCUT2D eigenvalue weighted by Crippen LogP contribution is 2.29. The van der Waals surface area contributed by atoms with E-state index >= 15 is 0 Å². The minimum atomic E-state index is -0.887. The highest BCUT2D eigenvalue weighted by Gasteiger charge is 2.36. The van der Waals surface area contributed by atoms with Crippen molar-refractivity contribution in [2.24, 2.45) is 5.92 Å². The van der Waals surface area contributed by atoms with Gasteiger partial charge in [-0.15, -0.1) is 0 Å². The van der Waals surface area contributed by atoms with Crippen LogP contribution in [-0.2, 0) is 14.3 Å². The average Bonchev–Trinajstić information content (AvgIpc) is 3.09. The molecule has 2 aromatic rings. The van der Waals surface area contributed by atoms with Crippen molar-refractivity contribution < 1.29 is 32.6 Å². The molecule has 1 fully saturated rings. The molecule has 2 aromatic carbocycles. The molecule has 29 heavy (non-hydrogen) atoms. The molecule has 152 valence electrons. The van der Waals surface area contributed by atoms with Gasteiger partial charge >= 0.3 is 5.97 Å². The number of carbonyl (C=O) groups excluding carboxylic acids is 3. The van der Waals surface area contributed by atoms with E-state index in [2.05, 4.69) is 5.32 Å². The number of rotatable bonds is 5. The van der Waals surface area contributed by atoms with Crippen LogP contribution in [0.4, 0.5) is 20.2 Å². The lowest BCUT2D eigenvalue weighted by atomic mass is 10.1. The molecule has 0 bridgehead atoms. The number of nitrogens with one attached hydrogen (secondary N) is 1. The Morgan fingerprint density at radius 1 is 1.14 bits per heavy atom. The van der Waals surface area contributed by atoms with Crippen molar-refractivity contribution in [2.75, 3.05) is 31.0 Å². The maximum atomic E-state index is 14.0. The van der Waals surface area contributed by atoms with Gasteiger partial charge in [-0.2, -0.15) is 0 Å². The molecule has 3 rings (SSSR count). The minimum Gasteiger partial charge on any atom is -0.497 e. The van der Waals surface area contributed by atoms with Crippen molar-refractivity contribution >= 4 is 29.2 Å².